The highest BCUT2D eigenvalue weighted by Gasteiger charge is 2.43. The Morgan fingerprint density at radius 1 is 1.07 bits per heavy atom. The molecule has 2 amide bonds. The molecule has 0 aromatic rings. The summed E-state index contributed by atoms with van der Waals surface area (Å²) in [7, 11) is 0. The highest BCUT2D eigenvalue weighted by atomic mass is 35.5. The molecular formula is C22H39ClN2O3. The van der Waals surface area contributed by atoms with Crippen LogP contribution in [0.2, 0.25) is 0 Å². The van der Waals surface area contributed by atoms with E-state index in [1.165, 1.54) is 32.1 Å². The first kappa shape index (κ1) is 23.3. The average molecular weight is 415 g/mol. The van der Waals surface area contributed by atoms with Crippen molar-refractivity contribution in [3.63, 3.8) is 0 Å². The van der Waals surface area contributed by atoms with E-state index in [4.69, 9.17) is 16.3 Å². The molecule has 6 heteroatoms. The van der Waals surface area contributed by atoms with Crippen molar-refractivity contribution >= 4 is 23.6 Å². The van der Waals surface area contributed by atoms with Crippen molar-refractivity contribution in [1.82, 2.24) is 10.2 Å². The SMILES string of the molecule is CC(C)(C)OC(=O)N1CCC(CNC(=O)C(C)(C)CCl)(C2CCCCC2)CC1. The third kappa shape index (κ3) is 6.01. The Bertz CT molecular complexity index is 542. The second kappa shape index (κ2) is 9.23. The fourth-order valence-electron chi connectivity index (χ4n) is 4.46. The van der Waals surface area contributed by atoms with E-state index >= 15 is 0 Å². The van der Waals surface area contributed by atoms with Gasteiger partial charge in [0.25, 0.3) is 0 Å². The standard InChI is InChI=1S/C22H39ClN2O3/c1-20(2,3)28-19(27)25-13-11-22(12-14-25,17-9-7-6-8-10-17)16-24-18(26)21(4,5)15-23/h17H,6-16H2,1-5H3,(H,24,26). The number of hydrogen-bond acceptors (Lipinski definition) is 3. The molecule has 162 valence electrons. The first-order valence-corrected chi connectivity index (χ1v) is 11.3. The Balaban J connectivity index is 2.05. The van der Waals surface area contributed by atoms with E-state index in [0.717, 1.165) is 12.8 Å². The molecule has 1 saturated carbocycles. The van der Waals surface area contributed by atoms with Crippen LogP contribution >= 0.6 is 11.6 Å². The molecule has 0 atom stereocenters. The van der Waals surface area contributed by atoms with Crippen LogP contribution in [0.15, 0.2) is 0 Å². The summed E-state index contributed by atoms with van der Waals surface area (Å²) < 4.78 is 5.55. The number of piperidine rings is 1. The number of hydrogen-bond donors (Lipinski definition) is 1. The van der Waals surface area contributed by atoms with E-state index in [1.54, 1.807) is 0 Å². The van der Waals surface area contributed by atoms with Crippen molar-refractivity contribution < 1.29 is 14.3 Å². The Kier molecular flexibility index (Phi) is 7.69. The number of ether oxygens (including phenoxy) is 1. The molecule has 1 heterocycles. The molecule has 1 saturated heterocycles. The van der Waals surface area contributed by atoms with Crippen LogP contribution in [0.5, 0.6) is 0 Å². The van der Waals surface area contributed by atoms with Crippen molar-refractivity contribution in [1.29, 1.82) is 0 Å². The quantitative estimate of drug-likeness (QED) is 0.646. The number of alkyl halides is 1. The third-order valence-corrected chi connectivity index (χ3v) is 7.10. The van der Waals surface area contributed by atoms with Crippen LogP contribution in [0, 0.1) is 16.7 Å². The molecule has 0 aromatic carbocycles. The van der Waals surface area contributed by atoms with Crippen LogP contribution < -0.4 is 5.32 Å². The van der Waals surface area contributed by atoms with Crippen LogP contribution in [0.4, 0.5) is 4.79 Å². The summed E-state index contributed by atoms with van der Waals surface area (Å²) in [5.74, 6) is 0.940. The molecule has 2 aliphatic rings. The van der Waals surface area contributed by atoms with Crippen molar-refractivity contribution in [3.05, 3.63) is 0 Å². The van der Waals surface area contributed by atoms with Crippen LogP contribution in [0.1, 0.15) is 79.6 Å². The lowest BCUT2D eigenvalue weighted by Crippen LogP contribution is -2.53. The second-order valence-corrected chi connectivity index (χ2v) is 10.6. The molecule has 0 unspecified atom stereocenters. The Morgan fingerprint density at radius 3 is 2.14 bits per heavy atom. The number of nitrogens with zero attached hydrogens (tertiary/aromatic N) is 1. The van der Waals surface area contributed by atoms with Gasteiger partial charge in [0.15, 0.2) is 0 Å². The van der Waals surface area contributed by atoms with Gasteiger partial charge >= 0.3 is 6.09 Å². The molecule has 0 aromatic heterocycles. The fourth-order valence-corrected chi connectivity index (χ4v) is 4.58. The number of carbonyl (C=O) groups is 2. The van der Waals surface area contributed by atoms with Crippen molar-refractivity contribution in [2.24, 2.45) is 16.7 Å². The van der Waals surface area contributed by atoms with E-state index in [0.29, 0.717) is 31.4 Å². The zero-order chi connectivity index (χ0) is 21.0. The molecule has 0 spiro atoms. The van der Waals surface area contributed by atoms with Crippen molar-refractivity contribution in [2.75, 3.05) is 25.5 Å². The smallest absolute Gasteiger partial charge is 0.410 e. The van der Waals surface area contributed by atoms with Gasteiger partial charge < -0.3 is 15.0 Å². The van der Waals surface area contributed by atoms with Gasteiger partial charge in [-0.2, -0.15) is 0 Å². The number of likely N-dealkylation sites (tertiary alicyclic amines) is 1. The molecule has 0 bridgehead atoms. The Labute approximate surface area is 175 Å². The maximum Gasteiger partial charge on any atom is 0.410 e. The predicted octanol–water partition coefficient (Wildman–Crippen LogP) is 4.97. The highest BCUT2D eigenvalue weighted by molar-refractivity contribution is 6.19. The summed E-state index contributed by atoms with van der Waals surface area (Å²) in [6.45, 7) is 11.5. The molecule has 1 aliphatic carbocycles. The lowest BCUT2D eigenvalue weighted by atomic mass is 9.63. The molecule has 0 radical (unpaired) electrons. The minimum Gasteiger partial charge on any atom is -0.444 e. The van der Waals surface area contributed by atoms with Crippen LogP contribution in [0.25, 0.3) is 0 Å². The highest BCUT2D eigenvalue weighted by Crippen LogP contribution is 2.45. The van der Waals surface area contributed by atoms with Gasteiger partial charge in [-0.25, -0.2) is 4.79 Å². The minimum atomic E-state index is -0.563. The zero-order valence-corrected chi connectivity index (χ0v) is 19.2. The topological polar surface area (TPSA) is 58.6 Å². The van der Waals surface area contributed by atoms with Gasteiger partial charge in [0, 0.05) is 25.5 Å². The number of rotatable bonds is 5. The van der Waals surface area contributed by atoms with Gasteiger partial charge in [-0.15, -0.1) is 11.6 Å². The Morgan fingerprint density at radius 2 is 1.64 bits per heavy atom. The number of carbonyl (C=O) groups excluding carboxylic acids is 2. The summed E-state index contributed by atoms with van der Waals surface area (Å²) >= 11 is 5.98. The predicted molar refractivity (Wildman–Crippen MR) is 114 cm³/mol. The van der Waals surface area contributed by atoms with Gasteiger partial charge in [0.1, 0.15) is 5.60 Å². The van der Waals surface area contributed by atoms with E-state index in [9.17, 15) is 9.59 Å². The van der Waals surface area contributed by atoms with Gasteiger partial charge in [-0.3, -0.25) is 4.79 Å². The largest absolute Gasteiger partial charge is 0.444 e. The van der Waals surface area contributed by atoms with Crippen LogP contribution in [0.3, 0.4) is 0 Å². The molecule has 1 N–H and O–H groups in total. The van der Waals surface area contributed by atoms with Gasteiger partial charge in [-0.1, -0.05) is 19.3 Å². The molecule has 5 nitrogen and oxygen atoms in total. The molecule has 28 heavy (non-hydrogen) atoms. The second-order valence-electron chi connectivity index (χ2n) is 10.4. The lowest BCUT2D eigenvalue weighted by Gasteiger charge is -2.48. The van der Waals surface area contributed by atoms with Crippen molar-refractivity contribution in [3.8, 4) is 0 Å². The van der Waals surface area contributed by atoms with Gasteiger partial charge in [0.2, 0.25) is 5.91 Å². The normalized spacial score (nSPS) is 21.3. The van der Waals surface area contributed by atoms with E-state index in [1.807, 2.05) is 39.5 Å². The third-order valence-electron chi connectivity index (χ3n) is 6.43. The number of amides is 2. The molecule has 1 aliphatic heterocycles. The number of halogens is 1. The summed E-state index contributed by atoms with van der Waals surface area (Å²) in [4.78, 5) is 26.9. The van der Waals surface area contributed by atoms with Crippen LogP contribution in [-0.4, -0.2) is 48.0 Å². The molecule has 2 fully saturated rings. The van der Waals surface area contributed by atoms with Crippen molar-refractivity contribution in [2.45, 2.75) is 85.2 Å². The average Bonchev–Trinajstić information content (AvgIpc) is 2.65. The summed E-state index contributed by atoms with van der Waals surface area (Å²) in [5, 5.41) is 3.21. The monoisotopic (exact) mass is 414 g/mol. The Hall–Kier alpha value is -0.970. The fraction of sp³-hybridized carbons (Fsp3) is 0.909. The first-order chi connectivity index (χ1) is 13.0. The summed E-state index contributed by atoms with van der Waals surface area (Å²) in [6.07, 6.45) is 7.89. The van der Waals surface area contributed by atoms with Crippen LogP contribution in [-0.2, 0) is 9.53 Å². The van der Waals surface area contributed by atoms with Gasteiger partial charge in [0.05, 0.1) is 5.41 Å². The summed E-state index contributed by atoms with van der Waals surface area (Å²) in [5.41, 5.74) is -0.973. The first-order valence-electron chi connectivity index (χ1n) is 10.8. The molecular weight excluding hydrogens is 376 g/mol. The minimum absolute atomic E-state index is 0.0206. The number of nitrogens with one attached hydrogen (secondary N) is 1. The van der Waals surface area contributed by atoms with E-state index < -0.39 is 11.0 Å². The lowest BCUT2D eigenvalue weighted by molar-refractivity contribution is -0.129. The summed E-state index contributed by atoms with van der Waals surface area (Å²) in [6, 6.07) is 0. The maximum atomic E-state index is 12.6. The molecule has 2 rings (SSSR count). The maximum absolute atomic E-state index is 12.6. The van der Waals surface area contributed by atoms with E-state index in [2.05, 4.69) is 5.32 Å². The zero-order valence-electron chi connectivity index (χ0n) is 18.4. The van der Waals surface area contributed by atoms with Gasteiger partial charge in [-0.05, 0) is 71.6 Å². The van der Waals surface area contributed by atoms with E-state index in [-0.39, 0.29) is 17.4 Å².